The van der Waals surface area contributed by atoms with Gasteiger partial charge in [-0.15, -0.1) is 11.6 Å². The van der Waals surface area contributed by atoms with Crippen molar-refractivity contribution in [3.8, 4) is 0 Å². The Morgan fingerprint density at radius 2 is 1.94 bits per heavy atom. The van der Waals surface area contributed by atoms with E-state index in [0.717, 1.165) is 0 Å². The van der Waals surface area contributed by atoms with E-state index in [4.69, 9.17) is 17.3 Å². The lowest BCUT2D eigenvalue weighted by Gasteiger charge is -2.12. The minimum absolute atomic E-state index is 0.232. The molecule has 0 atom stereocenters. The Morgan fingerprint density at radius 1 is 1.38 bits per heavy atom. The van der Waals surface area contributed by atoms with Gasteiger partial charge in [0.2, 0.25) is 0 Å². The second kappa shape index (κ2) is 4.40. The zero-order chi connectivity index (χ0) is 12.5. The van der Waals surface area contributed by atoms with Crippen LogP contribution in [0.3, 0.4) is 0 Å². The summed E-state index contributed by atoms with van der Waals surface area (Å²) in [7, 11) is 0. The number of nitrogen functional groups attached to an aromatic ring is 1. The number of aromatic nitrogens is 1. The van der Waals surface area contributed by atoms with Crippen molar-refractivity contribution in [2.24, 2.45) is 0 Å². The summed E-state index contributed by atoms with van der Waals surface area (Å²) >= 11 is 5.28. The average molecular weight is 261 g/mol. The molecule has 0 fully saturated rings. The first-order valence-corrected chi connectivity index (χ1v) is 4.51. The smallest absolute Gasteiger partial charge is 0.397 e. The summed E-state index contributed by atoms with van der Waals surface area (Å²) in [4.78, 5) is 3.09. The second-order valence-electron chi connectivity index (χ2n) is 2.89. The summed E-state index contributed by atoms with van der Waals surface area (Å²) in [6.45, 7) is 0. The summed E-state index contributed by atoms with van der Waals surface area (Å²) in [5.74, 6) is -0.463. The van der Waals surface area contributed by atoms with Gasteiger partial charge in [-0.25, -0.2) is 13.8 Å². The molecule has 2 nitrogen and oxygen atoms in total. The highest BCUT2D eigenvalue weighted by atomic mass is 35.5. The lowest BCUT2D eigenvalue weighted by atomic mass is 10.1. The normalized spacial score (nSPS) is 12.2. The Labute approximate surface area is 92.2 Å². The van der Waals surface area contributed by atoms with Crippen LogP contribution in [0.1, 0.15) is 23.4 Å². The van der Waals surface area contributed by atoms with Crippen LogP contribution in [-0.2, 0) is 12.1 Å². The fraction of sp³-hybridized carbons (Fsp3) is 0.375. The van der Waals surface area contributed by atoms with Crippen molar-refractivity contribution < 1.29 is 22.0 Å². The van der Waals surface area contributed by atoms with Crippen molar-refractivity contribution in [2.45, 2.75) is 18.5 Å². The molecule has 0 radical (unpaired) electrons. The molecule has 90 valence electrons. The third kappa shape index (κ3) is 2.52. The fourth-order valence-corrected chi connectivity index (χ4v) is 1.26. The fourth-order valence-electron chi connectivity index (χ4n) is 1.06. The highest BCUT2D eigenvalue weighted by Crippen LogP contribution is 2.34. The molecule has 0 amide bonds. The summed E-state index contributed by atoms with van der Waals surface area (Å²) in [6.07, 6.45) is -7.91. The van der Waals surface area contributed by atoms with E-state index < -0.39 is 41.1 Å². The number of pyridine rings is 1. The maximum atomic E-state index is 12.4. The molecule has 0 aliphatic carbocycles. The number of hydrogen-bond acceptors (Lipinski definition) is 2. The molecule has 2 N–H and O–H groups in total. The number of nitrogens with two attached hydrogens (primary N) is 1. The molecule has 0 unspecified atom stereocenters. The number of rotatable bonds is 2. The molecule has 1 aromatic heterocycles. The van der Waals surface area contributed by atoms with Crippen LogP contribution in [-0.4, -0.2) is 4.98 Å². The van der Waals surface area contributed by atoms with E-state index >= 15 is 0 Å². The number of anilines is 1. The molecule has 0 saturated heterocycles. The van der Waals surface area contributed by atoms with Crippen LogP contribution >= 0.6 is 11.6 Å². The van der Waals surface area contributed by atoms with E-state index in [1.54, 1.807) is 0 Å². The predicted octanol–water partition coefficient (Wildman–Crippen LogP) is 3.36. The molecule has 16 heavy (non-hydrogen) atoms. The van der Waals surface area contributed by atoms with Gasteiger partial charge in [-0.05, 0) is 6.07 Å². The van der Waals surface area contributed by atoms with E-state index in [9.17, 15) is 22.0 Å². The topological polar surface area (TPSA) is 38.9 Å². The standard InChI is InChI=1S/C8H6ClF5N2/c9-2-4-6(15)3(7(10)11)1-5(16-4)8(12,13)14/h1,7H,2,15H2. The molecular weight excluding hydrogens is 255 g/mol. The van der Waals surface area contributed by atoms with Crippen molar-refractivity contribution >= 4 is 17.3 Å². The molecule has 0 aromatic carbocycles. The number of halogens is 6. The van der Waals surface area contributed by atoms with Crippen LogP contribution in [0.25, 0.3) is 0 Å². The Morgan fingerprint density at radius 3 is 2.31 bits per heavy atom. The second-order valence-corrected chi connectivity index (χ2v) is 3.16. The highest BCUT2D eigenvalue weighted by Gasteiger charge is 2.34. The van der Waals surface area contributed by atoms with Crippen molar-refractivity contribution in [1.82, 2.24) is 4.98 Å². The van der Waals surface area contributed by atoms with Gasteiger partial charge in [-0.2, -0.15) is 13.2 Å². The average Bonchev–Trinajstić information content (AvgIpc) is 2.15. The van der Waals surface area contributed by atoms with Gasteiger partial charge in [0.25, 0.3) is 6.43 Å². The van der Waals surface area contributed by atoms with Crippen molar-refractivity contribution in [3.05, 3.63) is 23.0 Å². The van der Waals surface area contributed by atoms with Crippen molar-refractivity contribution in [2.75, 3.05) is 5.73 Å². The van der Waals surface area contributed by atoms with Gasteiger partial charge in [-0.3, -0.25) is 0 Å². The third-order valence-electron chi connectivity index (χ3n) is 1.82. The maximum absolute atomic E-state index is 12.4. The van der Waals surface area contributed by atoms with Crippen LogP contribution in [0.4, 0.5) is 27.6 Å². The Hall–Kier alpha value is -1.11. The van der Waals surface area contributed by atoms with Gasteiger partial charge in [0.1, 0.15) is 5.69 Å². The van der Waals surface area contributed by atoms with Crippen LogP contribution in [0.2, 0.25) is 0 Å². The Balaban J connectivity index is 3.40. The summed E-state index contributed by atoms with van der Waals surface area (Å²) in [6, 6.07) is 0.232. The SMILES string of the molecule is Nc1c(C(F)F)cc(C(F)(F)F)nc1CCl. The van der Waals surface area contributed by atoms with Gasteiger partial charge in [0, 0.05) is 5.56 Å². The van der Waals surface area contributed by atoms with Crippen molar-refractivity contribution in [3.63, 3.8) is 0 Å². The molecule has 1 aromatic rings. The molecule has 0 bridgehead atoms. The highest BCUT2D eigenvalue weighted by molar-refractivity contribution is 6.17. The summed E-state index contributed by atoms with van der Waals surface area (Å²) in [5.41, 5.74) is 1.99. The zero-order valence-corrected chi connectivity index (χ0v) is 8.41. The molecule has 0 aliphatic rings. The largest absolute Gasteiger partial charge is 0.433 e. The van der Waals surface area contributed by atoms with E-state index in [0.29, 0.717) is 0 Å². The van der Waals surface area contributed by atoms with Gasteiger partial charge in [0.05, 0.1) is 17.3 Å². The number of alkyl halides is 6. The van der Waals surface area contributed by atoms with Gasteiger partial charge >= 0.3 is 6.18 Å². The van der Waals surface area contributed by atoms with Gasteiger partial charge in [0.15, 0.2) is 0 Å². The summed E-state index contributed by atoms with van der Waals surface area (Å²) in [5, 5.41) is 0. The molecule has 1 heterocycles. The van der Waals surface area contributed by atoms with E-state index in [-0.39, 0.29) is 6.07 Å². The molecule has 0 aliphatic heterocycles. The summed E-state index contributed by atoms with van der Waals surface area (Å²) < 4.78 is 61.7. The van der Waals surface area contributed by atoms with E-state index in [1.165, 1.54) is 0 Å². The third-order valence-corrected chi connectivity index (χ3v) is 2.07. The Kier molecular flexibility index (Phi) is 3.57. The molecule has 8 heteroatoms. The first-order valence-electron chi connectivity index (χ1n) is 3.98. The van der Waals surface area contributed by atoms with Gasteiger partial charge in [-0.1, -0.05) is 0 Å². The number of hydrogen-bond donors (Lipinski definition) is 1. The van der Waals surface area contributed by atoms with Crippen LogP contribution < -0.4 is 5.73 Å². The van der Waals surface area contributed by atoms with Crippen LogP contribution in [0.5, 0.6) is 0 Å². The maximum Gasteiger partial charge on any atom is 0.433 e. The van der Waals surface area contributed by atoms with E-state index in [2.05, 4.69) is 4.98 Å². The first kappa shape index (κ1) is 13.0. The van der Waals surface area contributed by atoms with Crippen LogP contribution in [0.15, 0.2) is 6.07 Å². The van der Waals surface area contributed by atoms with Gasteiger partial charge < -0.3 is 5.73 Å². The first-order chi connectivity index (χ1) is 7.27. The van der Waals surface area contributed by atoms with Crippen LogP contribution in [0, 0.1) is 0 Å². The Bertz CT molecular complexity index is 391. The minimum Gasteiger partial charge on any atom is -0.397 e. The molecular formula is C8H6ClF5N2. The lowest BCUT2D eigenvalue weighted by Crippen LogP contribution is -2.13. The quantitative estimate of drug-likeness (QED) is 0.654. The minimum atomic E-state index is -4.81. The van der Waals surface area contributed by atoms with E-state index in [1.807, 2.05) is 0 Å². The monoisotopic (exact) mass is 260 g/mol. The molecule has 0 spiro atoms. The predicted molar refractivity (Wildman–Crippen MR) is 48.2 cm³/mol. The number of nitrogens with zero attached hydrogens (tertiary/aromatic N) is 1. The molecule has 1 rings (SSSR count). The zero-order valence-electron chi connectivity index (χ0n) is 7.65. The molecule has 0 saturated carbocycles. The lowest BCUT2D eigenvalue weighted by molar-refractivity contribution is -0.141. The van der Waals surface area contributed by atoms with Crippen molar-refractivity contribution in [1.29, 1.82) is 0 Å².